The molecule has 6 nitrogen and oxygen atoms in total. The van der Waals surface area contributed by atoms with Gasteiger partial charge in [-0.2, -0.15) is 0 Å². The second-order valence-corrected chi connectivity index (χ2v) is 2.91. The first-order valence-corrected chi connectivity index (χ1v) is 4.35. The van der Waals surface area contributed by atoms with Gasteiger partial charge in [0.05, 0.1) is 6.54 Å². The Kier molecular flexibility index (Phi) is 3.87. The second kappa shape index (κ2) is 5.16. The maximum absolute atomic E-state index is 11.2. The normalized spacial score (nSPS) is 16.9. The fourth-order valence-electron chi connectivity index (χ4n) is 1.23. The molecule has 0 aromatic heterocycles. The number of carbonyl (C=O) groups is 4. The Bertz CT molecular complexity index is 306. The summed E-state index contributed by atoms with van der Waals surface area (Å²) in [6, 6.07) is -0.861. The number of carbonyl (C=O) groups excluding carboxylic acids is 4. The molecule has 15 heavy (non-hydrogen) atoms. The van der Waals surface area contributed by atoms with Gasteiger partial charge in [0.2, 0.25) is 0 Å². The van der Waals surface area contributed by atoms with Crippen LogP contribution in [0.5, 0.6) is 0 Å². The molecular weight excluding hydrogens is 200 g/mol. The minimum Gasteiger partial charge on any atom is -0.308 e. The number of amides is 2. The van der Waals surface area contributed by atoms with Gasteiger partial charge in [-0.25, -0.2) is 0 Å². The van der Waals surface area contributed by atoms with E-state index in [1.54, 1.807) is 0 Å². The number of nitrogens with one attached hydrogen (secondary N) is 1. The molecule has 0 aromatic carbocycles. The van der Waals surface area contributed by atoms with Crippen LogP contribution in [-0.2, 0) is 19.2 Å². The molecule has 2 amide bonds. The number of rotatable bonds is 6. The molecule has 0 saturated heterocycles. The van der Waals surface area contributed by atoms with Crippen molar-refractivity contribution >= 4 is 24.4 Å². The summed E-state index contributed by atoms with van der Waals surface area (Å²) in [6.07, 6.45) is 3.35. The molecule has 0 fully saturated rings. The molecular formula is C9H10N2O4. The molecule has 1 heterocycles. The quantitative estimate of drug-likeness (QED) is 0.320. The highest BCUT2D eigenvalue weighted by molar-refractivity contribution is 6.14. The number of nitrogens with zero attached hydrogens (tertiary/aromatic N) is 1. The highest BCUT2D eigenvalue weighted by Crippen LogP contribution is 2.07. The first-order valence-electron chi connectivity index (χ1n) is 4.35. The average molecular weight is 210 g/mol. The predicted molar refractivity (Wildman–Crippen MR) is 49.8 cm³/mol. The Hall–Kier alpha value is -1.82. The number of hydrogen-bond donors (Lipinski definition) is 1. The molecule has 6 heteroatoms. The minimum absolute atomic E-state index is 0.0774. The zero-order valence-electron chi connectivity index (χ0n) is 7.88. The molecule has 0 aliphatic carbocycles. The summed E-state index contributed by atoms with van der Waals surface area (Å²) in [6.45, 7) is 0.162. The number of aldehydes is 2. The Morgan fingerprint density at radius 1 is 1.27 bits per heavy atom. The summed E-state index contributed by atoms with van der Waals surface area (Å²) in [5.74, 6) is -1.02. The van der Waals surface area contributed by atoms with Crippen LogP contribution in [0.2, 0.25) is 0 Å². The molecule has 0 spiro atoms. The van der Waals surface area contributed by atoms with Crippen LogP contribution in [-0.4, -0.2) is 48.4 Å². The highest BCUT2D eigenvalue weighted by Gasteiger charge is 2.30. The van der Waals surface area contributed by atoms with Crippen molar-refractivity contribution in [3.63, 3.8) is 0 Å². The van der Waals surface area contributed by atoms with Gasteiger partial charge in [-0.1, -0.05) is 0 Å². The number of imide groups is 1. The molecule has 0 saturated carbocycles. The second-order valence-electron chi connectivity index (χ2n) is 2.91. The van der Waals surface area contributed by atoms with Gasteiger partial charge in [-0.3, -0.25) is 14.5 Å². The van der Waals surface area contributed by atoms with Crippen molar-refractivity contribution in [1.29, 1.82) is 0 Å². The lowest BCUT2D eigenvalue weighted by Gasteiger charge is -2.20. The van der Waals surface area contributed by atoms with Crippen molar-refractivity contribution in [3.05, 3.63) is 12.2 Å². The van der Waals surface area contributed by atoms with Crippen LogP contribution in [0, 0.1) is 0 Å². The smallest absolute Gasteiger partial charge is 0.254 e. The number of hydrogen-bond acceptors (Lipinski definition) is 5. The first-order chi connectivity index (χ1) is 7.20. The van der Waals surface area contributed by atoms with E-state index in [0.717, 1.165) is 17.1 Å². The largest absolute Gasteiger partial charge is 0.308 e. The van der Waals surface area contributed by atoms with Gasteiger partial charge < -0.3 is 14.9 Å². The van der Waals surface area contributed by atoms with E-state index in [2.05, 4.69) is 5.32 Å². The van der Waals surface area contributed by atoms with Gasteiger partial charge in [0.25, 0.3) is 11.8 Å². The van der Waals surface area contributed by atoms with Crippen LogP contribution >= 0.6 is 0 Å². The van der Waals surface area contributed by atoms with Crippen LogP contribution in [0.15, 0.2) is 12.2 Å². The summed E-state index contributed by atoms with van der Waals surface area (Å²) < 4.78 is 0. The van der Waals surface area contributed by atoms with E-state index in [0.29, 0.717) is 12.6 Å². The molecule has 1 unspecified atom stereocenters. The van der Waals surface area contributed by atoms with E-state index >= 15 is 0 Å². The van der Waals surface area contributed by atoms with Gasteiger partial charge >= 0.3 is 0 Å². The van der Waals surface area contributed by atoms with Crippen molar-refractivity contribution < 1.29 is 19.2 Å². The third-order valence-corrected chi connectivity index (χ3v) is 1.91. The summed E-state index contributed by atoms with van der Waals surface area (Å²) in [5, 5.41) is 2.63. The zero-order valence-corrected chi connectivity index (χ0v) is 7.88. The van der Waals surface area contributed by atoms with E-state index in [-0.39, 0.29) is 13.1 Å². The van der Waals surface area contributed by atoms with Crippen LogP contribution in [0.25, 0.3) is 0 Å². The average Bonchev–Trinajstić information content (AvgIpc) is 2.55. The SMILES string of the molecule is O=CCNCC(C=O)N1C(=O)C=CC1=O. The predicted octanol–water partition coefficient (Wildman–Crippen LogP) is -1.73. The van der Waals surface area contributed by atoms with E-state index in [4.69, 9.17) is 0 Å². The molecule has 0 aromatic rings. The van der Waals surface area contributed by atoms with Crippen molar-refractivity contribution in [3.8, 4) is 0 Å². The fraction of sp³-hybridized carbons (Fsp3) is 0.333. The molecule has 1 aliphatic rings. The third kappa shape index (κ3) is 2.57. The van der Waals surface area contributed by atoms with Gasteiger partial charge in [0, 0.05) is 18.7 Å². The van der Waals surface area contributed by atoms with E-state index in [1.165, 1.54) is 0 Å². The lowest BCUT2D eigenvalue weighted by atomic mass is 10.3. The maximum atomic E-state index is 11.2. The van der Waals surface area contributed by atoms with Crippen LogP contribution < -0.4 is 5.32 Å². The Morgan fingerprint density at radius 3 is 2.33 bits per heavy atom. The van der Waals surface area contributed by atoms with Crippen LogP contribution in [0.3, 0.4) is 0 Å². The molecule has 1 atom stereocenters. The first kappa shape index (κ1) is 11.3. The Morgan fingerprint density at radius 2 is 1.87 bits per heavy atom. The van der Waals surface area contributed by atoms with E-state index in [1.807, 2.05) is 0 Å². The van der Waals surface area contributed by atoms with Crippen molar-refractivity contribution in [1.82, 2.24) is 10.2 Å². The lowest BCUT2D eigenvalue weighted by molar-refractivity contribution is -0.141. The Balaban J connectivity index is 2.58. The molecule has 1 rings (SSSR count). The van der Waals surface area contributed by atoms with E-state index in [9.17, 15) is 19.2 Å². The van der Waals surface area contributed by atoms with Gasteiger partial charge in [0.15, 0.2) is 0 Å². The molecule has 0 bridgehead atoms. The van der Waals surface area contributed by atoms with Crippen LogP contribution in [0.1, 0.15) is 0 Å². The summed E-state index contributed by atoms with van der Waals surface area (Å²) in [5.41, 5.74) is 0. The van der Waals surface area contributed by atoms with Gasteiger partial charge in [-0.05, 0) is 0 Å². The van der Waals surface area contributed by atoms with Crippen molar-refractivity contribution in [2.75, 3.05) is 13.1 Å². The summed E-state index contributed by atoms with van der Waals surface area (Å²) >= 11 is 0. The molecule has 80 valence electrons. The molecule has 1 N–H and O–H groups in total. The molecule has 1 aliphatic heterocycles. The third-order valence-electron chi connectivity index (χ3n) is 1.91. The molecule has 0 radical (unpaired) electrons. The fourth-order valence-corrected chi connectivity index (χ4v) is 1.23. The topological polar surface area (TPSA) is 83.6 Å². The monoisotopic (exact) mass is 210 g/mol. The van der Waals surface area contributed by atoms with Gasteiger partial charge in [0.1, 0.15) is 18.6 Å². The lowest BCUT2D eigenvalue weighted by Crippen LogP contribution is -2.47. The Labute approximate surface area is 85.9 Å². The van der Waals surface area contributed by atoms with Gasteiger partial charge in [-0.15, -0.1) is 0 Å². The maximum Gasteiger partial charge on any atom is 0.254 e. The zero-order chi connectivity index (χ0) is 11.3. The van der Waals surface area contributed by atoms with Crippen LogP contribution in [0.4, 0.5) is 0 Å². The summed E-state index contributed by atoms with van der Waals surface area (Å²) in [4.78, 5) is 43.9. The minimum atomic E-state index is -0.861. The summed E-state index contributed by atoms with van der Waals surface area (Å²) in [7, 11) is 0. The standard InChI is InChI=1S/C9H10N2O4/c12-4-3-10-5-7(6-13)11-8(14)1-2-9(11)15/h1-2,4,6-7,10H,3,5H2. The highest BCUT2D eigenvalue weighted by atomic mass is 16.2. The van der Waals surface area contributed by atoms with Crippen molar-refractivity contribution in [2.24, 2.45) is 0 Å². The van der Waals surface area contributed by atoms with Crippen molar-refractivity contribution in [2.45, 2.75) is 6.04 Å². The van der Waals surface area contributed by atoms with E-state index < -0.39 is 17.9 Å².